The molecule has 0 atom stereocenters. The predicted octanol–water partition coefficient (Wildman–Crippen LogP) is 4.61. The summed E-state index contributed by atoms with van der Waals surface area (Å²) in [7, 11) is 0. The fourth-order valence-corrected chi connectivity index (χ4v) is 4.75. The van der Waals surface area contributed by atoms with E-state index in [0.717, 1.165) is 5.56 Å². The van der Waals surface area contributed by atoms with Crippen molar-refractivity contribution in [1.29, 1.82) is 0 Å². The summed E-state index contributed by atoms with van der Waals surface area (Å²) < 4.78 is 4.95. The van der Waals surface area contributed by atoms with E-state index in [-0.39, 0.29) is 11.4 Å². The van der Waals surface area contributed by atoms with Crippen LogP contribution in [0.4, 0.5) is 0 Å². The highest BCUT2D eigenvalue weighted by atomic mass is 32.2. The van der Waals surface area contributed by atoms with Crippen LogP contribution < -0.4 is 5.73 Å². The second kappa shape index (κ2) is 11.5. The zero-order valence-corrected chi connectivity index (χ0v) is 20.3. The van der Waals surface area contributed by atoms with E-state index in [1.165, 1.54) is 35.0 Å². The van der Waals surface area contributed by atoms with Crippen molar-refractivity contribution in [2.75, 3.05) is 12.4 Å². The second-order valence-electron chi connectivity index (χ2n) is 8.20. The molecule has 0 saturated heterocycles. The average molecular weight is 474 g/mol. The summed E-state index contributed by atoms with van der Waals surface area (Å²) in [4.78, 5) is 31.3. The minimum Gasteiger partial charge on any atom is -0.462 e. The first kappa shape index (κ1) is 25.0. The van der Waals surface area contributed by atoms with Gasteiger partial charge >= 0.3 is 5.97 Å². The first-order valence-electron chi connectivity index (χ1n) is 10.9. The Labute approximate surface area is 204 Å². The summed E-state index contributed by atoms with van der Waals surface area (Å²) in [5, 5.41) is 0. The molecule has 0 spiro atoms. The molecule has 1 amide bonds. The number of esters is 1. The third-order valence-electron chi connectivity index (χ3n) is 5.25. The molecule has 34 heavy (non-hydrogen) atoms. The Morgan fingerprint density at radius 2 is 1.94 bits per heavy atom. The lowest BCUT2D eigenvalue weighted by molar-refractivity contribution is 0.0525. The summed E-state index contributed by atoms with van der Waals surface area (Å²) >= 11 is 1.92. The second-order valence-corrected chi connectivity index (χ2v) is 9.34. The zero-order valence-electron chi connectivity index (χ0n) is 19.5. The summed E-state index contributed by atoms with van der Waals surface area (Å²) in [5.74, 6) is 6.63. The van der Waals surface area contributed by atoms with Crippen molar-refractivity contribution < 1.29 is 14.3 Å². The Hall–Kier alpha value is -3.63. The minimum absolute atomic E-state index is 0.192. The SMILES string of the molecule is CCOC(=O)c1ccc(C#Cc2ccc3c(c2)C(C)(C)CCS3)nc1.NC(=O)c1cccnc1. The molecule has 3 heterocycles. The highest BCUT2D eigenvalue weighted by molar-refractivity contribution is 7.99. The topological polar surface area (TPSA) is 95.2 Å². The monoisotopic (exact) mass is 473 g/mol. The number of benzene rings is 1. The Kier molecular flexibility index (Phi) is 8.44. The number of nitrogens with zero attached hydrogens (tertiary/aromatic N) is 2. The summed E-state index contributed by atoms with van der Waals surface area (Å²) in [5.41, 5.74) is 9.02. The molecule has 7 heteroatoms. The number of rotatable bonds is 3. The van der Waals surface area contributed by atoms with Crippen LogP contribution >= 0.6 is 11.8 Å². The lowest BCUT2D eigenvalue weighted by Crippen LogP contribution is -2.22. The number of primary amides is 1. The quantitative estimate of drug-likeness (QED) is 0.441. The highest BCUT2D eigenvalue weighted by Gasteiger charge is 2.27. The van der Waals surface area contributed by atoms with E-state index >= 15 is 0 Å². The number of thioether (sulfide) groups is 1. The molecule has 2 aromatic heterocycles. The number of pyridine rings is 2. The summed E-state index contributed by atoms with van der Waals surface area (Å²) in [6.07, 6.45) is 5.71. The Morgan fingerprint density at radius 3 is 2.56 bits per heavy atom. The first-order valence-corrected chi connectivity index (χ1v) is 11.9. The third kappa shape index (κ3) is 6.69. The van der Waals surface area contributed by atoms with Crippen molar-refractivity contribution in [3.63, 3.8) is 0 Å². The van der Waals surface area contributed by atoms with Gasteiger partial charge in [-0.1, -0.05) is 19.8 Å². The fourth-order valence-electron chi connectivity index (χ4n) is 3.26. The molecule has 2 N–H and O–H groups in total. The zero-order chi connectivity index (χ0) is 24.6. The molecule has 6 nitrogen and oxygen atoms in total. The molecular weight excluding hydrogens is 446 g/mol. The van der Waals surface area contributed by atoms with Gasteiger partial charge in [0, 0.05) is 29.0 Å². The van der Waals surface area contributed by atoms with Crippen molar-refractivity contribution in [3.05, 3.63) is 89.0 Å². The normalized spacial score (nSPS) is 13.3. The van der Waals surface area contributed by atoms with Crippen LogP contribution in [-0.4, -0.2) is 34.2 Å². The average Bonchev–Trinajstić information content (AvgIpc) is 2.84. The Bertz CT molecular complexity index is 1210. The van der Waals surface area contributed by atoms with Crippen molar-refractivity contribution >= 4 is 23.6 Å². The van der Waals surface area contributed by atoms with Crippen LogP contribution in [0.3, 0.4) is 0 Å². The molecule has 4 rings (SSSR count). The molecule has 0 aliphatic carbocycles. The maximum Gasteiger partial charge on any atom is 0.339 e. The van der Waals surface area contributed by atoms with Crippen LogP contribution in [0.1, 0.15) is 64.7 Å². The number of aromatic nitrogens is 2. The van der Waals surface area contributed by atoms with E-state index in [0.29, 0.717) is 23.4 Å². The molecule has 1 aliphatic heterocycles. The van der Waals surface area contributed by atoms with Gasteiger partial charge in [-0.3, -0.25) is 9.78 Å². The van der Waals surface area contributed by atoms with Crippen molar-refractivity contribution in [2.24, 2.45) is 5.73 Å². The maximum absolute atomic E-state index is 11.6. The number of ether oxygens (including phenoxy) is 1. The Morgan fingerprint density at radius 1 is 1.12 bits per heavy atom. The van der Waals surface area contributed by atoms with Crippen LogP contribution in [0.15, 0.2) is 66.0 Å². The van der Waals surface area contributed by atoms with Gasteiger partial charge in [-0.2, -0.15) is 0 Å². The molecule has 1 aliphatic rings. The maximum atomic E-state index is 11.6. The standard InChI is InChI=1S/C21H21NO2S.C6H6N2O/c1-4-24-20(23)16-7-9-17(22-14-16)8-5-15-6-10-19-18(13-15)21(2,3)11-12-25-19;7-6(9)5-2-1-3-8-4-5/h6-7,9-10,13-14H,4,11-12H2,1-3H3;1-4H,(H2,7,9). The van der Waals surface area contributed by atoms with Gasteiger partial charge < -0.3 is 10.5 Å². The number of carbonyl (C=O) groups is 2. The predicted molar refractivity (Wildman–Crippen MR) is 134 cm³/mol. The number of hydrogen-bond donors (Lipinski definition) is 1. The van der Waals surface area contributed by atoms with Crippen LogP contribution in [0.25, 0.3) is 0 Å². The van der Waals surface area contributed by atoms with E-state index < -0.39 is 5.91 Å². The third-order valence-corrected chi connectivity index (χ3v) is 6.32. The van der Waals surface area contributed by atoms with Gasteiger partial charge in [-0.25, -0.2) is 9.78 Å². The summed E-state index contributed by atoms with van der Waals surface area (Å²) in [6, 6.07) is 13.2. The lowest BCUT2D eigenvalue weighted by Gasteiger charge is -2.32. The van der Waals surface area contributed by atoms with Gasteiger partial charge in [-0.05, 0) is 78.5 Å². The molecule has 3 aromatic rings. The Balaban J connectivity index is 0.000000302. The molecule has 0 bridgehead atoms. The first-order chi connectivity index (χ1) is 16.3. The summed E-state index contributed by atoms with van der Waals surface area (Å²) in [6.45, 7) is 6.72. The van der Waals surface area contributed by atoms with Crippen LogP contribution in [0.2, 0.25) is 0 Å². The van der Waals surface area contributed by atoms with E-state index in [1.54, 1.807) is 37.4 Å². The molecule has 0 unspecified atom stereocenters. The number of nitrogens with two attached hydrogens (primary N) is 1. The van der Waals surface area contributed by atoms with Crippen molar-refractivity contribution in [2.45, 2.75) is 37.5 Å². The molecule has 1 aromatic carbocycles. The van der Waals surface area contributed by atoms with Gasteiger partial charge in [0.05, 0.1) is 17.7 Å². The number of carbonyl (C=O) groups excluding carboxylic acids is 2. The molecule has 0 fully saturated rings. The molecule has 174 valence electrons. The number of amides is 1. The van der Waals surface area contributed by atoms with Gasteiger partial charge in [0.15, 0.2) is 0 Å². The van der Waals surface area contributed by atoms with Gasteiger partial charge in [-0.15, -0.1) is 11.8 Å². The number of hydrogen-bond acceptors (Lipinski definition) is 6. The highest BCUT2D eigenvalue weighted by Crippen LogP contribution is 2.41. The largest absolute Gasteiger partial charge is 0.462 e. The van der Waals surface area contributed by atoms with Crippen molar-refractivity contribution in [3.8, 4) is 11.8 Å². The van der Waals surface area contributed by atoms with Gasteiger partial charge in [0.1, 0.15) is 5.69 Å². The van der Waals surface area contributed by atoms with E-state index in [1.807, 2.05) is 11.8 Å². The van der Waals surface area contributed by atoms with Crippen LogP contribution in [0, 0.1) is 11.8 Å². The van der Waals surface area contributed by atoms with Gasteiger partial charge in [0.2, 0.25) is 5.91 Å². The molecule has 0 saturated carbocycles. The van der Waals surface area contributed by atoms with Crippen molar-refractivity contribution in [1.82, 2.24) is 9.97 Å². The molecular formula is C27H27N3O3S. The smallest absolute Gasteiger partial charge is 0.339 e. The van der Waals surface area contributed by atoms with Crippen LogP contribution in [-0.2, 0) is 10.2 Å². The van der Waals surface area contributed by atoms with E-state index in [2.05, 4.69) is 53.9 Å². The fraction of sp³-hybridized carbons (Fsp3) is 0.259. The lowest BCUT2D eigenvalue weighted by atomic mass is 9.81. The van der Waals surface area contributed by atoms with E-state index in [9.17, 15) is 9.59 Å². The van der Waals surface area contributed by atoms with Gasteiger partial charge in [0.25, 0.3) is 0 Å². The number of fused-ring (bicyclic) bond motifs is 1. The van der Waals surface area contributed by atoms with E-state index in [4.69, 9.17) is 10.5 Å². The van der Waals surface area contributed by atoms with Crippen LogP contribution in [0.5, 0.6) is 0 Å². The molecule has 0 radical (unpaired) electrons. The minimum atomic E-state index is -0.442.